The quantitative estimate of drug-likeness (QED) is 0.868. The number of halogens is 2. The van der Waals surface area contributed by atoms with Crippen LogP contribution in [0.25, 0.3) is 0 Å². The first kappa shape index (κ1) is 12.1. The SMILES string of the molecule is COc1cc(F)c(N(C)CC2CNC2)cc1F. The second kappa shape index (κ2) is 4.87. The van der Waals surface area contributed by atoms with Gasteiger partial charge >= 0.3 is 0 Å². The summed E-state index contributed by atoms with van der Waals surface area (Å²) in [7, 11) is 3.09. The van der Waals surface area contributed by atoms with Crippen LogP contribution in [0.2, 0.25) is 0 Å². The van der Waals surface area contributed by atoms with Gasteiger partial charge in [0.15, 0.2) is 11.6 Å². The fourth-order valence-corrected chi connectivity index (χ4v) is 1.93. The molecule has 0 bridgehead atoms. The number of anilines is 1. The molecule has 0 aromatic heterocycles. The molecule has 3 nitrogen and oxygen atoms in total. The van der Waals surface area contributed by atoms with Crippen LogP contribution in [0.15, 0.2) is 12.1 Å². The third-order valence-electron chi connectivity index (χ3n) is 3.03. The summed E-state index contributed by atoms with van der Waals surface area (Å²) in [4.78, 5) is 1.74. The van der Waals surface area contributed by atoms with Crippen molar-refractivity contribution in [3.05, 3.63) is 23.8 Å². The predicted octanol–water partition coefficient (Wildman–Crippen LogP) is 1.63. The number of nitrogens with one attached hydrogen (secondary N) is 1. The van der Waals surface area contributed by atoms with Crippen molar-refractivity contribution in [3.8, 4) is 5.75 Å². The normalized spacial score (nSPS) is 15.5. The van der Waals surface area contributed by atoms with E-state index in [0.717, 1.165) is 25.7 Å². The van der Waals surface area contributed by atoms with Gasteiger partial charge in [-0.25, -0.2) is 8.78 Å². The van der Waals surface area contributed by atoms with Crippen LogP contribution in [0.1, 0.15) is 0 Å². The monoisotopic (exact) mass is 242 g/mol. The number of hydrogen-bond acceptors (Lipinski definition) is 3. The molecule has 1 aromatic carbocycles. The van der Waals surface area contributed by atoms with Crippen LogP contribution in [-0.2, 0) is 0 Å². The highest BCUT2D eigenvalue weighted by Gasteiger charge is 2.21. The third kappa shape index (κ3) is 2.49. The van der Waals surface area contributed by atoms with Crippen molar-refractivity contribution in [2.75, 3.05) is 38.7 Å². The van der Waals surface area contributed by atoms with E-state index in [-0.39, 0.29) is 11.4 Å². The van der Waals surface area contributed by atoms with Gasteiger partial charge in [0.1, 0.15) is 5.82 Å². The van der Waals surface area contributed by atoms with Crippen molar-refractivity contribution < 1.29 is 13.5 Å². The fraction of sp³-hybridized carbons (Fsp3) is 0.500. The number of nitrogens with zero attached hydrogens (tertiary/aromatic N) is 1. The zero-order valence-corrected chi connectivity index (χ0v) is 9.96. The molecule has 1 fully saturated rings. The van der Waals surface area contributed by atoms with Gasteiger partial charge in [0.05, 0.1) is 12.8 Å². The summed E-state index contributed by atoms with van der Waals surface area (Å²) < 4.78 is 32.0. The molecule has 1 N–H and O–H groups in total. The lowest BCUT2D eigenvalue weighted by molar-refractivity contribution is 0.351. The molecule has 1 aliphatic rings. The Hall–Kier alpha value is -1.36. The average Bonchev–Trinajstić information content (AvgIpc) is 2.25. The van der Waals surface area contributed by atoms with Crippen molar-refractivity contribution >= 4 is 5.69 Å². The highest BCUT2D eigenvalue weighted by atomic mass is 19.1. The minimum absolute atomic E-state index is 0.0649. The topological polar surface area (TPSA) is 24.5 Å². The van der Waals surface area contributed by atoms with Gasteiger partial charge in [-0.05, 0) is 0 Å². The molecule has 0 amide bonds. The molecule has 1 aliphatic heterocycles. The Bertz CT molecular complexity index is 408. The van der Waals surface area contributed by atoms with E-state index in [2.05, 4.69) is 5.32 Å². The summed E-state index contributed by atoms with van der Waals surface area (Å²) in [5.74, 6) is -0.560. The van der Waals surface area contributed by atoms with E-state index < -0.39 is 11.6 Å². The van der Waals surface area contributed by atoms with Crippen molar-refractivity contribution in [3.63, 3.8) is 0 Å². The lowest BCUT2D eigenvalue weighted by Crippen LogP contribution is -2.47. The van der Waals surface area contributed by atoms with Crippen LogP contribution >= 0.6 is 0 Å². The second-order valence-electron chi connectivity index (χ2n) is 4.34. The molecular weight excluding hydrogens is 226 g/mol. The number of hydrogen-bond donors (Lipinski definition) is 1. The van der Waals surface area contributed by atoms with Gasteiger partial charge in [0.25, 0.3) is 0 Å². The van der Waals surface area contributed by atoms with Crippen LogP contribution in [0, 0.1) is 17.6 Å². The molecule has 2 rings (SSSR count). The minimum Gasteiger partial charge on any atom is -0.494 e. The maximum absolute atomic E-state index is 13.7. The van der Waals surface area contributed by atoms with Gasteiger partial charge < -0.3 is 15.0 Å². The van der Waals surface area contributed by atoms with Gasteiger partial charge in [0, 0.05) is 44.7 Å². The third-order valence-corrected chi connectivity index (χ3v) is 3.03. The molecule has 0 spiro atoms. The minimum atomic E-state index is -0.539. The van der Waals surface area contributed by atoms with E-state index in [1.807, 2.05) is 0 Å². The summed E-state index contributed by atoms with van der Waals surface area (Å²) in [6.07, 6.45) is 0. The smallest absolute Gasteiger partial charge is 0.167 e. The Morgan fingerprint density at radius 1 is 1.35 bits per heavy atom. The van der Waals surface area contributed by atoms with Crippen molar-refractivity contribution in [1.29, 1.82) is 0 Å². The summed E-state index contributed by atoms with van der Waals surface area (Å²) in [6.45, 7) is 2.59. The molecule has 0 atom stereocenters. The molecule has 0 radical (unpaired) electrons. The van der Waals surface area contributed by atoms with Gasteiger partial charge in [0.2, 0.25) is 0 Å². The molecule has 17 heavy (non-hydrogen) atoms. The molecule has 0 aliphatic carbocycles. The first-order valence-electron chi connectivity index (χ1n) is 5.56. The number of methoxy groups -OCH3 is 1. The maximum atomic E-state index is 13.7. The lowest BCUT2D eigenvalue weighted by Gasteiger charge is -2.32. The van der Waals surface area contributed by atoms with Gasteiger partial charge in [-0.2, -0.15) is 0 Å². The van der Waals surface area contributed by atoms with E-state index in [1.165, 1.54) is 13.2 Å². The Labute approximate surface area is 99.4 Å². The van der Waals surface area contributed by atoms with Crippen LogP contribution in [0.5, 0.6) is 5.75 Å². The first-order chi connectivity index (χ1) is 8.11. The Kier molecular flexibility index (Phi) is 3.47. The summed E-state index contributed by atoms with van der Waals surface area (Å²) in [5, 5.41) is 3.15. The van der Waals surface area contributed by atoms with Crippen molar-refractivity contribution in [2.45, 2.75) is 0 Å². The van der Waals surface area contributed by atoms with Crippen LogP contribution in [0.4, 0.5) is 14.5 Å². The number of ether oxygens (including phenoxy) is 1. The van der Waals surface area contributed by atoms with E-state index in [9.17, 15) is 8.78 Å². The van der Waals surface area contributed by atoms with Crippen molar-refractivity contribution in [1.82, 2.24) is 5.32 Å². The molecule has 0 saturated carbocycles. The van der Waals surface area contributed by atoms with E-state index in [4.69, 9.17) is 4.74 Å². The zero-order chi connectivity index (χ0) is 12.4. The molecule has 1 heterocycles. The molecular formula is C12H16F2N2O. The van der Waals surface area contributed by atoms with Gasteiger partial charge in [-0.15, -0.1) is 0 Å². The molecule has 94 valence electrons. The van der Waals surface area contributed by atoms with Crippen LogP contribution < -0.4 is 15.0 Å². The van der Waals surface area contributed by atoms with Crippen LogP contribution in [0.3, 0.4) is 0 Å². The lowest BCUT2D eigenvalue weighted by atomic mass is 10.0. The molecule has 0 unspecified atom stereocenters. The average molecular weight is 242 g/mol. The van der Waals surface area contributed by atoms with Crippen LogP contribution in [-0.4, -0.2) is 33.8 Å². The molecule has 1 saturated heterocycles. The number of rotatable bonds is 4. The maximum Gasteiger partial charge on any atom is 0.167 e. The van der Waals surface area contributed by atoms with Gasteiger partial charge in [-0.1, -0.05) is 0 Å². The largest absolute Gasteiger partial charge is 0.494 e. The Morgan fingerprint density at radius 3 is 2.59 bits per heavy atom. The Balaban J connectivity index is 2.16. The number of benzene rings is 1. The fourth-order valence-electron chi connectivity index (χ4n) is 1.93. The summed E-state index contributed by atoms with van der Waals surface area (Å²) in [6, 6.07) is 2.26. The first-order valence-corrected chi connectivity index (χ1v) is 5.56. The van der Waals surface area contributed by atoms with E-state index in [1.54, 1.807) is 11.9 Å². The standard InChI is InChI=1S/C12H16F2N2O/c1-16(7-8-5-15-6-8)11-3-10(14)12(17-2)4-9(11)13/h3-4,8,15H,5-7H2,1-2H3. The summed E-state index contributed by atoms with van der Waals surface area (Å²) in [5.41, 5.74) is 0.273. The van der Waals surface area contributed by atoms with E-state index >= 15 is 0 Å². The predicted molar refractivity (Wildman–Crippen MR) is 62.5 cm³/mol. The summed E-state index contributed by atoms with van der Waals surface area (Å²) >= 11 is 0. The highest BCUT2D eigenvalue weighted by Crippen LogP contribution is 2.27. The molecule has 5 heteroatoms. The molecule has 1 aromatic rings. The van der Waals surface area contributed by atoms with Gasteiger partial charge in [-0.3, -0.25) is 0 Å². The van der Waals surface area contributed by atoms with Crippen molar-refractivity contribution in [2.24, 2.45) is 5.92 Å². The zero-order valence-electron chi connectivity index (χ0n) is 9.96. The highest BCUT2D eigenvalue weighted by molar-refractivity contribution is 5.50. The second-order valence-corrected chi connectivity index (χ2v) is 4.34. The Morgan fingerprint density at radius 2 is 2.06 bits per heavy atom. The van der Waals surface area contributed by atoms with E-state index in [0.29, 0.717) is 5.92 Å².